The lowest BCUT2D eigenvalue weighted by atomic mass is 10.1. The minimum atomic E-state index is -0.706. The Labute approximate surface area is 189 Å². The zero-order chi connectivity index (χ0) is 21.2. The molecule has 0 amide bonds. The summed E-state index contributed by atoms with van der Waals surface area (Å²) in [6.45, 7) is 5.03. The minimum absolute atomic E-state index is 0.0642. The van der Waals surface area contributed by atoms with E-state index in [0.29, 0.717) is 6.61 Å². The van der Waals surface area contributed by atoms with Crippen LogP contribution in [0.3, 0.4) is 0 Å². The zero-order valence-corrected chi connectivity index (χ0v) is 19.4. The third-order valence-electron chi connectivity index (χ3n) is 5.63. The molecule has 3 aromatic carbocycles. The number of hydrogen-bond donors (Lipinski definition) is 0. The molecule has 0 N–H and O–H groups in total. The standard InChI is InChI=1S/C27H24NOPS/c1-19-10-6-8-14-23(19)30(24-15-9-7-11-20(24)2)25-16-17-31-26(25)27-28-22(18-29-27)21-12-4-3-5-13-21/h3-17,22H,18H2,1-2H3/t22-/m1/s1. The monoisotopic (exact) mass is 441 g/mol. The lowest BCUT2D eigenvalue weighted by molar-refractivity contribution is 0.320. The van der Waals surface area contributed by atoms with Crippen molar-refractivity contribution in [3.05, 3.63) is 112 Å². The Morgan fingerprint density at radius 1 is 0.774 bits per heavy atom. The molecular formula is C27H24NOPS. The summed E-state index contributed by atoms with van der Waals surface area (Å²) in [6.07, 6.45) is 0. The molecule has 154 valence electrons. The molecule has 0 aliphatic carbocycles. The molecule has 1 aliphatic heterocycles. The third-order valence-corrected chi connectivity index (χ3v) is 9.50. The average Bonchev–Trinajstić information content (AvgIpc) is 3.47. The maximum absolute atomic E-state index is 6.16. The van der Waals surface area contributed by atoms with Crippen LogP contribution in [0.2, 0.25) is 0 Å². The molecule has 0 fully saturated rings. The van der Waals surface area contributed by atoms with Crippen molar-refractivity contribution in [2.75, 3.05) is 6.61 Å². The minimum Gasteiger partial charge on any atom is -0.474 e. The van der Waals surface area contributed by atoms with E-state index in [0.717, 1.165) is 10.8 Å². The molecule has 1 aromatic heterocycles. The maximum Gasteiger partial charge on any atom is 0.227 e. The molecular weight excluding hydrogens is 417 g/mol. The van der Waals surface area contributed by atoms with Gasteiger partial charge in [0.25, 0.3) is 0 Å². The number of rotatable bonds is 5. The lowest BCUT2D eigenvalue weighted by Gasteiger charge is -2.23. The summed E-state index contributed by atoms with van der Waals surface area (Å²) in [5.41, 5.74) is 3.85. The quantitative estimate of drug-likeness (QED) is 0.367. The molecule has 0 unspecified atom stereocenters. The second-order valence-electron chi connectivity index (χ2n) is 7.72. The van der Waals surface area contributed by atoms with Crippen LogP contribution in [0, 0.1) is 13.8 Å². The summed E-state index contributed by atoms with van der Waals surface area (Å²) in [6, 6.07) is 30.3. The first-order valence-electron chi connectivity index (χ1n) is 10.5. The van der Waals surface area contributed by atoms with Crippen LogP contribution in [0.5, 0.6) is 0 Å². The molecule has 2 heterocycles. The first kappa shape index (κ1) is 20.2. The van der Waals surface area contributed by atoms with Gasteiger partial charge in [0.1, 0.15) is 12.6 Å². The van der Waals surface area contributed by atoms with Crippen molar-refractivity contribution < 1.29 is 4.74 Å². The van der Waals surface area contributed by atoms with Gasteiger partial charge in [-0.3, -0.25) is 0 Å². The van der Waals surface area contributed by atoms with Gasteiger partial charge < -0.3 is 4.74 Å². The van der Waals surface area contributed by atoms with Crippen LogP contribution in [0.15, 0.2) is 95.3 Å². The summed E-state index contributed by atoms with van der Waals surface area (Å²) >= 11 is 1.73. The fraction of sp³-hybridized carbons (Fsp3) is 0.148. The largest absolute Gasteiger partial charge is 0.474 e. The molecule has 2 nitrogen and oxygen atoms in total. The molecule has 1 aliphatic rings. The molecule has 0 bridgehead atoms. The van der Waals surface area contributed by atoms with Crippen LogP contribution in [-0.4, -0.2) is 12.5 Å². The van der Waals surface area contributed by atoms with Crippen LogP contribution in [0.1, 0.15) is 27.6 Å². The summed E-state index contributed by atoms with van der Waals surface area (Å²) < 4.78 is 6.16. The highest BCUT2D eigenvalue weighted by molar-refractivity contribution is 7.80. The highest BCUT2D eigenvalue weighted by Crippen LogP contribution is 2.39. The predicted molar refractivity (Wildman–Crippen MR) is 134 cm³/mol. The van der Waals surface area contributed by atoms with E-state index in [9.17, 15) is 0 Å². The van der Waals surface area contributed by atoms with Gasteiger partial charge in [0.05, 0.1) is 4.88 Å². The molecule has 0 radical (unpaired) electrons. The van der Waals surface area contributed by atoms with Gasteiger partial charge in [-0.25, -0.2) is 4.99 Å². The molecule has 4 aromatic rings. The maximum atomic E-state index is 6.16. The SMILES string of the molecule is Cc1ccccc1P(c1ccccc1C)c1ccsc1C1=N[C@@H](c2ccccc2)CO1. The Hall–Kier alpha value is -2.74. The molecule has 5 rings (SSSR count). The third kappa shape index (κ3) is 3.96. The van der Waals surface area contributed by atoms with Crippen LogP contribution in [0.4, 0.5) is 0 Å². The Morgan fingerprint density at radius 2 is 1.39 bits per heavy atom. The van der Waals surface area contributed by atoms with Gasteiger partial charge in [0.15, 0.2) is 0 Å². The Kier molecular flexibility index (Phi) is 5.72. The number of hydrogen-bond acceptors (Lipinski definition) is 3. The highest BCUT2D eigenvalue weighted by atomic mass is 32.1. The lowest BCUT2D eigenvalue weighted by Crippen LogP contribution is -2.26. The van der Waals surface area contributed by atoms with Crippen LogP contribution >= 0.6 is 19.3 Å². The fourth-order valence-electron chi connectivity index (χ4n) is 4.00. The van der Waals surface area contributed by atoms with Gasteiger partial charge >= 0.3 is 0 Å². The van der Waals surface area contributed by atoms with Crippen molar-refractivity contribution >= 4 is 41.1 Å². The summed E-state index contributed by atoms with van der Waals surface area (Å²) in [5.74, 6) is 0.786. The Balaban J connectivity index is 1.61. The Bertz CT molecular complexity index is 1190. The molecule has 0 saturated heterocycles. The molecule has 0 saturated carbocycles. The van der Waals surface area contributed by atoms with Crippen LogP contribution < -0.4 is 15.9 Å². The second kappa shape index (κ2) is 8.78. The molecule has 1 atom stereocenters. The van der Waals surface area contributed by atoms with E-state index in [1.54, 1.807) is 11.3 Å². The van der Waals surface area contributed by atoms with Crippen molar-refractivity contribution in [3.8, 4) is 0 Å². The second-order valence-corrected chi connectivity index (χ2v) is 10.7. The number of ether oxygens (including phenoxy) is 1. The van der Waals surface area contributed by atoms with E-state index >= 15 is 0 Å². The number of thiophene rings is 1. The predicted octanol–water partition coefficient (Wildman–Crippen LogP) is 5.64. The van der Waals surface area contributed by atoms with Gasteiger partial charge in [-0.05, 0) is 60.5 Å². The van der Waals surface area contributed by atoms with Gasteiger partial charge in [-0.15, -0.1) is 11.3 Å². The normalized spacial score (nSPS) is 15.7. The van der Waals surface area contributed by atoms with Crippen LogP contribution in [-0.2, 0) is 4.74 Å². The Morgan fingerprint density at radius 3 is 2.03 bits per heavy atom. The van der Waals surface area contributed by atoms with Crippen LogP contribution in [0.25, 0.3) is 0 Å². The first-order valence-corrected chi connectivity index (χ1v) is 12.7. The molecule has 0 spiro atoms. The number of aliphatic imine (C=N–C) groups is 1. The first-order chi connectivity index (χ1) is 15.2. The number of nitrogens with zero attached hydrogens (tertiary/aromatic N) is 1. The average molecular weight is 442 g/mol. The molecule has 31 heavy (non-hydrogen) atoms. The van der Waals surface area contributed by atoms with Gasteiger partial charge in [0.2, 0.25) is 5.90 Å². The van der Waals surface area contributed by atoms with E-state index < -0.39 is 7.92 Å². The van der Waals surface area contributed by atoms with E-state index in [2.05, 4.69) is 98.1 Å². The van der Waals surface area contributed by atoms with E-state index in [-0.39, 0.29) is 6.04 Å². The molecule has 4 heteroatoms. The topological polar surface area (TPSA) is 21.6 Å². The van der Waals surface area contributed by atoms with Crippen molar-refractivity contribution in [1.29, 1.82) is 0 Å². The zero-order valence-electron chi connectivity index (χ0n) is 17.7. The number of aryl methyl sites for hydroxylation is 2. The van der Waals surface area contributed by atoms with E-state index in [1.165, 1.54) is 32.6 Å². The number of benzene rings is 3. The fourth-order valence-corrected chi connectivity index (χ4v) is 7.90. The van der Waals surface area contributed by atoms with Crippen molar-refractivity contribution in [2.45, 2.75) is 19.9 Å². The van der Waals surface area contributed by atoms with Gasteiger partial charge in [0, 0.05) is 5.30 Å². The van der Waals surface area contributed by atoms with Crippen molar-refractivity contribution in [3.63, 3.8) is 0 Å². The van der Waals surface area contributed by atoms with E-state index in [4.69, 9.17) is 9.73 Å². The van der Waals surface area contributed by atoms with E-state index in [1.807, 2.05) is 6.07 Å². The summed E-state index contributed by atoms with van der Waals surface area (Å²) in [5, 5.41) is 6.29. The van der Waals surface area contributed by atoms with Gasteiger partial charge in [-0.1, -0.05) is 78.9 Å². The van der Waals surface area contributed by atoms with Crippen molar-refractivity contribution in [1.82, 2.24) is 0 Å². The summed E-state index contributed by atoms with van der Waals surface area (Å²) in [7, 11) is -0.706. The van der Waals surface area contributed by atoms with Crippen molar-refractivity contribution in [2.24, 2.45) is 4.99 Å². The summed E-state index contributed by atoms with van der Waals surface area (Å²) in [4.78, 5) is 6.15. The smallest absolute Gasteiger partial charge is 0.227 e. The highest BCUT2D eigenvalue weighted by Gasteiger charge is 2.29. The van der Waals surface area contributed by atoms with Gasteiger partial charge in [-0.2, -0.15) is 0 Å².